The van der Waals surface area contributed by atoms with Gasteiger partial charge in [-0.25, -0.2) is 4.63 Å². The molecule has 0 bridgehead atoms. The molecule has 20 heavy (non-hydrogen) atoms. The van der Waals surface area contributed by atoms with Crippen molar-refractivity contribution in [2.45, 2.75) is 26.8 Å². The van der Waals surface area contributed by atoms with Crippen LogP contribution in [0.3, 0.4) is 0 Å². The van der Waals surface area contributed by atoms with Crippen molar-refractivity contribution in [2.24, 2.45) is 5.92 Å². The second kappa shape index (κ2) is 5.77. The van der Waals surface area contributed by atoms with E-state index in [2.05, 4.69) is 25.6 Å². The van der Waals surface area contributed by atoms with E-state index < -0.39 is 6.04 Å². The summed E-state index contributed by atoms with van der Waals surface area (Å²) in [5, 5.41) is 13.5. The van der Waals surface area contributed by atoms with Gasteiger partial charge in [-0.2, -0.15) is 0 Å². The number of aromatic nitrogens is 2. The van der Waals surface area contributed by atoms with E-state index in [4.69, 9.17) is 5.73 Å². The van der Waals surface area contributed by atoms with E-state index in [9.17, 15) is 4.79 Å². The van der Waals surface area contributed by atoms with Gasteiger partial charge in [0.1, 0.15) is 6.04 Å². The minimum atomic E-state index is -0.391. The van der Waals surface area contributed by atoms with Crippen LogP contribution in [-0.4, -0.2) is 28.8 Å². The molecule has 2 rings (SSSR count). The SMILES string of the molecule is CC(C)CNC(=O)C(C)Nc1ccc(N)c2nonc12. The van der Waals surface area contributed by atoms with E-state index >= 15 is 0 Å². The zero-order valence-corrected chi connectivity index (χ0v) is 11.8. The minimum absolute atomic E-state index is 0.0693. The smallest absolute Gasteiger partial charge is 0.242 e. The van der Waals surface area contributed by atoms with Crippen molar-refractivity contribution in [1.29, 1.82) is 0 Å². The van der Waals surface area contributed by atoms with Crippen molar-refractivity contribution < 1.29 is 9.42 Å². The number of fused-ring (bicyclic) bond motifs is 1. The average Bonchev–Trinajstić information content (AvgIpc) is 2.89. The molecule has 1 atom stereocenters. The van der Waals surface area contributed by atoms with Gasteiger partial charge in [-0.3, -0.25) is 4.79 Å². The first-order chi connectivity index (χ1) is 9.49. The standard InChI is InChI=1S/C13H19N5O2/c1-7(2)6-15-13(19)8(3)16-10-5-4-9(14)11-12(10)18-20-17-11/h4-5,7-8,16H,6,14H2,1-3H3,(H,15,19). The van der Waals surface area contributed by atoms with Crippen molar-refractivity contribution in [3.8, 4) is 0 Å². The molecule has 1 aromatic heterocycles. The van der Waals surface area contributed by atoms with Gasteiger partial charge in [-0.05, 0) is 35.3 Å². The molecule has 7 heteroatoms. The molecule has 7 nitrogen and oxygen atoms in total. The number of amides is 1. The number of carbonyl (C=O) groups excluding carboxylic acids is 1. The van der Waals surface area contributed by atoms with Crippen LogP contribution in [0, 0.1) is 5.92 Å². The molecule has 0 saturated heterocycles. The summed E-state index contributed by atoms with van der Waals surface area (Å²) >= 11 is 0. The summed E-state index contributed by atoms with van der Waals surface area (Å²) in [6, 6.07) is 3.07. The van der Waals surface area contributed by atoms with Gasteiger partial charge in [-0.15, -0.1) is 0 Å². The van der Waals surface area contributed by atoms with Crippen LogP contribution in [0.15, 0.2) is 16.8 Å². The molecule has 0 aliphatic heterocycles. The Bertz CT molecular complexity index is 608. The summed E-state index contributed by atoms with van der Waals surface area (Å²) in [5.41, 5.74) is 7.94. The molecule has 0 saturated carbocycles. The molecule has 2 aromatic rings. The lowest BCUT2D eigenvalue weighted by Gasteiger charge is -2.16. The Hall–Kier alpha value is -2.31. The first-order valence-electron chi connectivity index (χ1n) is 6.54. The highest BCUT2D eigenvalue weighted by Gasteiger charge is 2.16. The van der Waals surface area contributed by atoms with Crippen molar-refractivity contribution in [3.63, 3.8) is 0 Å². The molecule has 0 fully saturated rings. The molecule has 4 N–H and O–H groups in total. The van der Waals surface area contributed by atoms with E-state index in [-0.39, 0.29) is 5.91 Å². The number of benzene rings is 1. The zero-order valence-electron chi connectivity index (χ0n) is 11.8. The fourth-order valence-electron chi connectivity index (χ4n) is 1.76. The number of anilines is 2. The third-order valence-electron chi connectivity index (χ3n) is 2.90. The fourth-order valence-corrected chi connectivity index (χ4v) is 1.76. The number of nitrogens with zero attached hydrogens (tertiary/aromatic N) is 2. The van der Waals surface area contributed by atoms with E-state index in [1.165, 1.54) is 0 Å². The van der Waals surface area contributed by atoms with Crippen LogP contribution < -0.4 is 16.4 Å². The Kier molecular flexibility index (Phi) is 4.07. The van der Waals surface area contributed by atoms with Gasteiger partial charge in [0.05, 0.1) is 11.4 Å². The lowest BCUT2D eigenvalue weighted by molar-refractivity contribution is -0.121. The molecule has 0 aliphatic rings. The number of hydrogen-bond acceptors (Lipinski definition) is 6. The van der Waals surface area contributed by atoms with Crippen LogP contribution >= 0.6 is 0 Å². The summed E-state index contributed by atoms with van der Waals surface area (Å²) < 4.78 is 4.69. The zero-order chi connectivity index (χ0) is 14.7. The maximum absolute atomic E-state index is 11.9. The maximum Gasteiger partial charge on any atom is 0.242 e. The molecule has 0 aliphatic carbocycles. The normalized spacial score (nSPS) is 12.6. The molecule has 1 aromatic carbocycles. The molecule has 0 radical (unpaired) electrons. The molecular weight excluding hydrogens is 258 g/mol. The number of nitrogens with one attached hydrogen (secondary N) is 2. The Morgan fingerprint density at radius 3 is 2.70 bits per heavy atom. The molecular formula is C13H19N5O2. The molecule has 1 unspecified atom stereocenters. The highest BCUT2D eigenvalue weighted by atomic mass is 16.6. The summed E-state index contributed by atoms with van der Waals surface area (Å²) in [4.78, 5) is 11.9. The Labute approximate surface area is 116 Å². The van der Waals surface area contributed by atoms with Gasteiger partial charge in [0.25, 0.3) is 0 Å². The molecule has 108 valence electrons. The second-order valence-electron chi connectivity index (χ2n) is 5.17. The maximum atomic E-state index is 11.9. The van der Waals surface area contributed by atoms with E-state index in [0.717, 1.165) is 0 Å². The Balaban J connectivity index is 2.10. The van der Waals surface area contributed by atoms with Crippen LogP contribution in [0.25, 0.3) is 11.0 Å². The molecule has 1 heterocycles. The van der Waals surface area contributed by atoms with E-state index in [1.807, 2.05) is 13.8 Å². The number of nitrogen functional groups attached to an aromatic ring is 1. The minimum Gasteiger partial charge on any atom is -0.397 e. The van der Waals surface area contributed by atoms with E-state index in [1.54, 1.807) is 19.1 Å². The van der Waals surface area contributed by atoms with Crippen LogP contribution in [0.4, 0.5) is 11.4 Å². The highest BCUT2D eigenvalue weighted by molar-refractivity contribution is 5.96. The summed E-state index contributed by atoms with van der Waals surface area (Å²) in [6.45, 7) is 6.52. The number of carbonyl (C=O) groups is 1. The van der Waals surface area contributed by atoms with Crippen molar-refractivity contribution in [2.75, 3.05) is 17.6 Å². The van der Waals surface area contributed by atoms with Crippen LogP contribution in [0.1, 0.15) is 20.8 Å². The topological polar surface area (TPSA) is 106 Å². The van der Waals surface area contributed by atoms with Gasteiger partial charge in [-0.1, -0.05) is 13.8 Å². The van der Waals surface area contributed by atoms with Crippen molar-refractivity contribution in [1.82, 2.24) is 15.6 Å². The average molecular weight is 277 g/mol. The predicted molar refractivity (Wildman–Crippen MR) is 77.1 cm³/mol. The van der Waals surface area contributed by atoms with Crippen molar-refractivity contribution in [3.05, 3.63) is 12.1 Å². The number of hydrogen-bond donors (Lipinski definition) is 3. The fraction of sp³-hybridized carbons (Fsp3) is 0.462. The third-order valence-corrected chi connectivity index (χ3v) is 2.90. The first-order valence-corrected chi connectivity index (χ1v) is 6.54. The highest BCUT2D eigenvalue weighted by Crippen LogP contribution is 2.25. The number of rotatable bonds is 5. The Morgan fingerprint density at radius 2 is 2.00 bits per heavy atom. The van der Waals surface area contributed by atoms with Gasteiger partial charge in [0.15, 0.2) is 11.0 Å². The monoisotopic (exact) mass is 277 g/mol. The lowest BCUT2D eigenvalue weighted by atomic mass is 10.2. The van der Waals surface area contributed by atoms with Gasteiger partial charge < -0.3 is 16.4 Å². The first kappa shape index (κ1) is 14.1. The summed E-state index contributed by atoms with van der Waals surface area (Å²) in [5.74, 6) is 0.342. The van der Waals surface area contributed by atoms with Crippen LogP contribution in [-0.2, 0) is 4.79 Å². The largest absolute Gasteiger partial charge is 0.397 e. The van der Waals surface area contributed by atoms with Crippen molar-refractivity contribution >= 4 is 28.3 Å². The summed E-state index contributed by atoms with van der Waals surface area (Å²) in [7, 11) is 0. The second-order valence-corrected chi connectivity index (χ2v) is 5.17. The van der Waals surface area contributed by atoms with Gasteiger partial charge >= 0.3 is 0 Å². The quantitative estimate of drug-likeness (QED) is 0.713. The lowest BCUT2D eigenvalue weighted by Crippen LogP contribution is -2.39. The van der Waals surface area contributed by atoms with Gasteiger partial charge in [0.2, 0.25) is 5.91 Å². The molecule has 0 spiro atoms. The van der Waals surface area contributed by atoms with Crippen LogP contribution in [0.5, 0.6) is 0 Å². The van der Waals surface area contributed by atoms with E-state index in [0.29, 0.717) is 34.9 Å². The van der Waals surface area contributed by atoms with Crippen LogP contribution in [0.2, 0.25) is 0 Å². The molecule has 1 amide bonds. The predicted octanol–water partition coefficient (Wildman–Crippen LogP) is 1.38. The Morgan fingerprint density at radius 1 is 1.30 bits per heavy atom. The third kappa shape index (κ3) is 2.98. The summed E-state index contributed by atoms with van der Waals surface area (Å²) in [6.07, 6.45) is 0. The van der Waals surface area contributed by atoms with Gasteiger partial charge in [0, 0.05) is 6.54 Å². The number of nitrogens with two attached hydrogens (primary N) is 1.